The zero-order valence-electron chi connectivity index (χ0n) is 14.3. The molecule has 0 aliphatic heterocycles. The molecule has 0 spiro atoms. The Labute approximate surface area is 123 Å². The van der Waals surface area contributed by atoms with Crippen molar-refractivity contribution < 1.29 is 0 Å². The van der Waals surface area contributed by atoms with E-state index in [1.165, 1.54) is 83.5 Å². The van der Waals surface area contributed by atoms with Crippen LogP contribution in [-0.4, -0.2) is 0 Å². The van der Waals surface area contributed by atoms with Crippen molar-refractivity contribution in [3.63, 3.8) is 0 Å². The van der Waals surface area contributed by atoms with E-state index in [0.29, 0.717) is 0 Å². The molecule has 0 saturated carbocycles. The molecule has 0 radical (unpaired) electrons. The van der Waals surface area contributed by atoms with Crippen LogP contribution >= 0.6 is 0 Å². The molecule has 0 aliphatic carbocycles. The largest absolute Gasteiger partial charge is 0.0654 e. The van der Waals surface area contributed by atoms with Gasteiger partial charge in [0.2, 0.25) is 0 Å². The lowest BCUT2D eigenvalue weighted by Gasteiger charge is -2.22. The smallest absolute Gasteiger partial charge is 0.0412 e. The number of hydrogen-bond acceptors (Lipinski definition) is 0. The fraction of sp³-hybridized carbons (Fsp3) is 1.00. The van der Waals surface area contributed by atoms with E-state index in [1.54, 1.807) is 0 Å². The second-order valence-corrected chi connectivity index (χ2v) is 6.51. The standard InChI is InChI=1S/C19H40/c1-5-9-10-11-12-13-16-18(8-4)17-19(14-6-2)15-7-3/h18-19H,5-17H2,1-4H3. The molecule has 0 N–H and O–H groups in total. The van der Waals surface area contributed by atoms with Gasteiger partial charge in [0, 0.05) is 0 Å². The third-order valence-corrected chi connectivity index (χ3v) is 4.60. The third kappa shape index (κ3) is 11.5. The molecule has 0 heterocycles. The number of unbranched alkanes of at least 4 members (excludes halogenated alkanes) is 5. The topological polar surface area (TPSA) is 0 Å². The Kier molecular flexibility index (Phi) is 14.4. The van der Waals surface area contributed by atoms with Gasteiger partial charge in [-0.15, -0.1) is 0 Å². The van der Waals surface area contributed by atoms with E-state index in [0.717, 1.165) is 11.8 Å². The third-order valence-electron chi connectivity index (χ3n) is 4.60. The minimum atomic E-state index is 1.01. The Bertz CT molecular complexity index is 155. The minimum absolute atomic E-state index is 1.01. The molecule has 0 fully saturated rings. The lowest BCUT2D eigenvalue weighted by Crippen LogP contribution is -2.09. The zero-order chi connectivity index (χ0) is 14.3. The van der Waals surface area contributed by atoms with E-state index < -0.39 is 0 Å². The van der Waals surface area contributed by atoms with Crippen molar-refractivity contribution >= 4 is 0 Å². The quantitative estimate of drug-likeness (QED) is 0.288. The first-order valence-corrected chi connectivity index (χ1v) is 9.28. The van der Waals surface area contributed by atoms with E-state index in [9.17, 15) is 0 Å². The van der Waals surface area contributed by atoms with Crippen molar-refractivity contribution in [1.29, 1.82) is 0 Å². The molecular formula is C19H40. The summed E-state index contributed by atoms with van der Waals surface area (Å²) in [5.41, 5.74) is 0. The fourth-order valence-electron chi connectivity index (χ4n) is 3.37. The summed E-state index contributed by atoms with van der Waals surface area (Å²) in [6.45, 7) is 9.39. The Balaban J connectivity index is 3.72. The molecule has 0 rings (SSSR count). The molecule has 0 aromatic heterocycles. The fourth-order valence-corrected chi connectivity index (χ4v) is 3.37. The number of rotatable bonds is 14. The predicted octanol–water partition coefficient (Wildman–Crippen LogP) is 7.37. The summed E-state index contributed by atoms with van der Waals surface area (Å²) < 4.78 is 0. The lowest BCUT2D eigenvalue weighted by atomic mass is 9.84. The maximum Gasteiger partial charge on any atom is -0.0412 e. The maximum atomic E-state index is 2.40. The highest BCUT2D eigenvalue weighted by molar-refractivity contribution is 4.66. The van der Waals surface area contributed by atoms with Crippen LogP contribution < -0.4 is 0 Å². The highest BCUT2D eigenvalue weighted by Crippen LogP contribution is 2.27. The monoisotopic (exact) mass is 268 g/mol. The van der Waals surface area contributed by atoms with Gasteiger partial charge in [0.15, 0.2) is 0 Å². The molecule has 116 valence electrons. The second-order valence-electron chi connectivity index (χ2n) is 6.51. The van der Waals surface area contributed by atoms with Crippen molar-refractivity contribution in [3.8, 4) is 0 Å². The summed E-state index contributed by atoms with van der Waals surface area (Å²) in [6.07, 6.45) is 18.8. The average molecular weight is 269 g/mol. The molecule has 1 atom stereocenters. The number of hydrogen-bond donors (Lipinski definition) is 0. The van der Waals surface area contributed by atoms with Gasteiger partial charge in [-0.05, 0) is 18.3 Å². The van der Waals surface area contributed by atoms with Gasteiger partial charge in [0.05, 0.1) is 0 Å². The van der Waals surface area contributed by atoms with E-state index in [1.807, 2.05) is 0 Å². The van der Waals surface area contributed by atoms with Gasteiger partial charge >= 0.3 is 0 Å². The van der Waals surface area contributed by atoms with Gasteiger partial charge in [0.25, 0.3) is 0 Å². The van der Waals surface area contributed by atoms with E-state index in [-0.39, 0.29) is 0 Å². The Morgan fingerprint density at radius 1 is 0.526 bits per heavy atom. The van der Waals surface area contributed by atoms with Crippen molar-refractivity contribution in [1.82, 2.24) is 0 Å². The Hall–Kier alpha value is 0. The van der Waals surface area contributed by atoms with Crippen LogP contribution in [0, 0.1) is 11.8 Å². The zero-order valence-corrected chi connectivity index (χ0v) is 14.3. The van der Waals surface area contributed by atoms with Crippen molar-refractivity contribution in [3.05, 3.63) is 0 Å². The summed E-state index contributed by atoms with van der Waals surface area (Å²) in [5.74, 6) is 2.02. The molecular weight excluding hydrogens is 228 g/mol. The Morgan fingerprint density at radius 2 is 1.11 bits per heavy atom. The molecule has 0 amide bonds. The highest BCUT2D eigenvalue weighted by Gasteiger charge is 2.13. The summed E-state index contributed by atoms with van der Waals surface area (Å²) in [6, 6.07) is 0. The van der Waals surface area contributed by atoms with Gasteiger partial charge in [0.1, 0.15) is 0 Å². The normalized spacial score (nSPS) is 13.1. The van der Waals surface area contributed by atoms with Gasteiger partial charge in [-0.1, -0.05) is 105 Å². The summed E-state index contributed by atoms with van der Waals surface area (Å²) >= 11 is 0. The van der Waals surface area contributed by atoms with E-state index in [2.05, 4.69) is 27.7 Å². The molecule has 1 unspecified atom stereocenters. The van der Waals surface area contributed by atoms with Crippen molar-refractivity contribution in [2.45, 2.75) is 111 Å². The van der Waals surface area contributed by atoms with Crippen LogP contribution in [0.3, 0.4) is 0 Å². The minimum Gasteiger partial charge on any atom is -0.0654 e. The molecule has 0 saturated heterocycles. The van der Waals surface area contributed by atoms with Crippen molar-refractivity contribution in [2.24, 2.45) is 11.8 Å². The second kappa shape index (κ2) is 14.4. The van der Waals surface area contributed by atoms with Crippen LogP contribution in [0.2, 0.25) is 0 Å². The van der Waals surface area contributed by atoms with Crippen LogP contribution in [0.1, 0.15) is 111 Å². The summed E-state index contributed by atoms with van der Waals surface area (Å²) in [5, 5.41) is 0. The predicted molar refractivity (Wildman–Crippen MR) is 89.7 cm³/mol. The Morgan fingerprint density at radius 3 is 1.63 bits per heavy atom. The van der Waals surface area contributed by atoms with Gasteiger partial charge in [-0.25, -0.2) is 0 Å². The van der Waals surface area contributed by atoms with Crippen LogP contribution in [0.25, 0.3) is 0 Å². The first-order valence-electron chi connectivity index (χ1n) is 9.28. The van der Waals surface area contributed by atoms with Gasteiger partial charge in [-0.2, -0.15) is 0 Å². The van der Waals surface area contributed by atoms with Crippen LogP contribution in [-0.2, 0) is 0 Å². The molecule has 0 nitrogen and oxygen atoms in total. The van der Waals surface area contributed by atoms with Gasteiger partial charge < -0.3 is 0 Å². The average Bonchev–Trinajstić information content (AvgIpc) is 2.41. The molecule has 0 aromatic rings. The molecule has 0 heteroatoms. The lowest BCUT2D eigenvalue weighted by molar-refractivity contribution is 0.304. The van der Waals surface area contributed by atoms with E-state index in [4.69, 9.17) is 0 Å². The molecule has 0 bridgehead atoms. The summed E-state index contributed by atoms with van der Waals surface area (Å²) in [7, 11) is 0. The van der Waals surface area contributed by atoms with Crippen LogP contribution in [0.4, 0.5) is 0 Å². The van der Waals surface area contributed by atoms with Crippen molar-refractivity contribution in [2.75, 3.05) is 0 Å². The maximum absolute atomic E-state index is 2.40. The first-order chi connectivity index (χ1) is 9.28. The molecule has 0 aromatic carbocycles. The molecule has 0 aliphatic rings. The van der Waals surface area contributed by atoms with Crippen LogP contribution in [0.5, 0.6) is 0 Å². The molecule has 19 heavy (non-hydrogen) atoms. The van der Waals surface area contributed by atoms with Crippen LogP contribution in [0.15, 0.2) is 0 Å². The summed E-state index contributed by atoms with van der Waals surface area (Å²) in [4.78, 5) is 0. The first kappa shape index (κ1) is 19.0. The van der Waals surface area contributed by atoms with Gasteiger partial charge in [-0.3, -0.25) is 0 Å². The highest BCUT2D eigenvalue weighted by atomic mass is 14.2. The van der Waals surface area contributed by atoms with E-state index >= 15 is 0 Å². The SMILES string of the molecule is CCCCCCCCC(CC)CC(CCC)CCC.